The Morgan fingerprint density at radius 2 is 1.91 bits per heavy atom. The molecule has 0 spiro atoms. The second-order valence-electron chi connectivity index (χ2n) is 7.96. The standard InChI is InChI=1S/C23H30N8O/c1-16(2)8-25-21(12-24-5)18-6-7-22(26-9-18)29-23(32)15-30-13-19(10-27-30)20-11-28-31(14-20)17(3)4/h6-7,9-11,13-14,17,24H,1,8,12,15H2,2-5H3,(H,26,29,32). The highest BCUT2D eigenvalue weighted by molar-refractivity contribution is 6.02. The van der Waals surface area contributed by atoms with Crippen LogP contribution in [0, 0.1) is 0 Å². The largest absolute Gasteiger partial charge is 0.314 e. The number of nitrogens with one attached hydrogen (secondary N) is 2. The lowest BCUT2D eigenvalue weighted by Crippen LogP contribution is -2.21. The van der Waals surface area contributed by atoms with Crippen molar-refractivity contribution in [1.82, 2.24) is 29.9 Å². The molecule has 9 nitrogen and oxygen atoms in total. The molecule has 3 aromatic heterocycles. The van der Waals surface area contributed by atoms with E-state index >= 15 is 0 Å². The van der Waals surface area contributed by atoms with Crippen LogP contribution in [0.15, 0.2) is 60.3 Å². The zero-order valence-corrected chi connectivity index (χ0v) is 19.0. The van der Waals surface area contributed by atoms with Gasteiger partial charge in [0.15, 0.2) is 0 Å². The lowest BCUT2D eigenvalue weighted by Gasteiger charge is -2.08. The van der Waals surface area contributed by atoms with Gasteiger partial charge in [-0.1, -0.05) is 12.2 Å². The van der Waals surface area contributed by atoms with Crippen LogP contribution in [0.25, 0.3) is 11.1 Å². The Labute approximate surface area is 188 Å². The lowest BCUT2D eigenvalue weighted by molar-refractivity contribution is -0.116. The zero-order valence-electron chi connectivity index (χ0n) is 19.0. The van der Waals surface area contributed by atoms with Crippen molar-refractivity contribution in [3.05, 3.63) is 60.8 Å². The van der Waals surface area contributed by atoms with Crippen molar-refractivity contribution in [3.8, 4) is 11.1 Å². The molecule has 9 heteroatoms. The average molecular weight is 435 g/mol. The molecule has 0 unspecified atom stereocenters. The number of anilines is 1. The maximum atomic E-state index is 12.4. The van der Waals surface area contributed by atoms with Gasteiger partial charge in [0.25, 0.3) is 0 Å². The summed E-state index contributed by atoms with van der Waals surface area (Å²) in [7, 11) is 1.87. The molecule has 0 aromatic carbocycles. The van der Waals surface area contributed by atoms with E-state index in [0.29, 0.717) is 18.9 Å². The van der Waals surface area contributed by atoms with Crippen molar-refractivity contribution in [2.75, 3.05) is 25.5 Å². The molecule has 3 aromatic rings. The minimum atomic E-state index is -0.204. The Hall–Kier alpha value is -3.59. The van der Waals surface area contributed by atoms with Gasteiger partial charge in [0.05, 0.1) is 24.7 Å². The molecule has 168 valence electrons. The molecule has 0 saturated carbocycles. The summed E-state index contributed by atoms with van der Waals surface area (Å²) < 4.78 is 3.49. The van der Waals surface area contributed by atoms with Gasteiger partial charge in [0.2, 0.25) is 5.91 Å². The Morgan fingerprint density at radius 1 is 1.16 bits per heavy atom. The number of rotatable bonds is 10. The molecule has 0 saturated heterocycles. The second kappa shape index (κ2) is 10.6. The first-order chi connectivity index (χ1) is 15.4. The summed E-state index contributed by atoms with van der Waals surface area (Å²) in [6, 6.07) is 3.96. The highest BCUT2D eigenvalue weighted by Crippen LogP contribution is 2.19. The van der Waals surface area contributed by atoms with E-state index in [9.17, 15) is 4.79 Å². The summed E-state index contributed by atoms with van der Waals surface area (Å²) in [6.07, 6.45) is 9.05. The van der Waals surface area contributed by atoms with Crippen LogP contribution in [0.4, 0.5) is 5.82 Å². The van der Waals surface area contributed by atoms with E-state index in [2.05, 4.69) is 51.2 Å². The van der Waals surface area contributed by atoms with Gasteiger partial charge in [-0.15, -0.1) is 0 Å². The van der Waals surface area contributed by atoms with E-state index in [1.54, 1.807) is 29.3 Å². The Kier molecular flexibility index (Phi) is 7.67. The summed E-state index contributed by atoms with van der Waals surface area (Å²) in [5.74, 6) is 0.275. The highest BCUT2D eigenvalue weighted by atomic mass is 16.2. The number of aliphatic imine (C=N–C) groups is 1. The molecular formula is C23H30N8O. The van der Waals surface area contributed by atoms with Gasteiger partial charge in [-0.3, -0.25) is 19.2 Å². The fourth-order valence-corrected chi connectivity index (χ4v) is 2.98. The van der Waals surface area contributed by atoms with E-state index in [-0.39, 0.29) is 18.5 Å². The van der Waals surface area contributed by atoms with Crippen LogP contribution < -0.4 is 10.6 Å². The normalized spacial score (nSPS) is 11.7. The van der Waals surface area contributed by atoms with Crippen molar-refractivity contribution < 1.29 is 4.79 Å². The number of carbonyl (C=O) groups excluding carboxylic acids is 1. The summed E-state index contributed by atoms with van der Waals surface area (Å²) in [5.41, 5.74) is 4.67. The van der Waals surface area contributed by atoms with Crippen LogP contribution in [0.1, 0.15) is 32.4 Å². The van der Waals surface area contributed by atoms with Crippen molar-refractivity contribution in [1.29, 1.82) is 0 Å². The molecule has 32 heavy (non-hydrogen) atoms. The molecule has 0 fully saturated rings. The molecule has 0 aliphatic rings. The number of hydrogen-bond acceptors (Lipinski definition) is 6. The quantitative estimate of drug-likeness (QED) is 0.377. The number of nitrogens with zero attached hydrogens (tertiary/aromatic N) is 6. The number of carbonyl (C=O) groups is 1. The summed E-state index contributed by atoms with van der Waals surface area (Å²) >= 11 is 0. The fraction of sp³-hybridized carbons (Fsp3) is 0.348. The number of amides is 1. The fourth-order valence-electron chi connectivity index (χ4n) is 2.98. The van der Waals surface area contributed by atoms with Crippen molar-refractivity contribution in [2.45, 2.75) is 33.4 Å². The van der Waals surface area contributed by atoms with Crippen LogP contribution in [-0.2, 0) is 11.3 Å². The minimum absolute atomic E-state index is 0.0901. The topological polar surface area (TPSA) is 102 Å². The smallest absolute Gasteiger partial charge is 0.247 e. The van der Waals surface area contributed by atoms with Crippen molar-refractivity contribution in [3.63, 3.8) is 0 Å². The third-order valence-corrected chi connectivity index (χ3v) is 4.65. The first-order valence-electron chi connectivity index (χ1n) is 10.5. The van der Waals surface area contributed by atoms with Crippen molar-refractivity contribution in [2.24, 2.45) is 4.99 Å². The maximum Gasteiger partial charge on any atom is 0.247 e. The predicted octanol–water partition coefficient (Wildman–Crippen LogP) is 2.95. The van der Waals surface area contributed by atoms with Gasteiger partial charge in [0, 0.05) is 47.9 Å². The van der Waals surface area contributed by atoms with Gasteiger partial charge in [-0.05, 0) is 40.0 Å². The van der Waals surface area contributed by atoms with Crippen molar-refractivity contribution >= 4 is 17.4 Å². The third-order valence-electron chi connectivity index (χ3n) is 4.65. The molecular weight excluding hydrogens is 404 g/mol. The van der Waals surface area contributed by atoms with E-state index in [1.807, 2.05) is 37.1 Å². The molecule has 3 rings (SSSR count). The molecule has 3 heterocycles. The molecule has 0 atom stereocenters. The number of aromatic nitrogens is 5. The van der Waals surface area contributed by atoms with Crippen LogP contribution in [0.3, 0.4) is 0 Å². The number of likely N-dealkylation sites (N-methyl/N-ethyl adjacent to an activating group) is 1. The molecule has 0 bridgehead atoms. The number of pyridine rings is 1. The molecule has 0 aliphatic heterocycles. The molecule has 1 amide bonds. The van der Waals surface area contributed by atoms with E-state index in [4.69, 9.17) is 0 Å². The molecule has 0 aliphatic carbocycles. The first kappa shape index (κ1) is 23.1. The third kappa shape index (κ3) is 6.21. The zero-order chi connectivity index (χ0) is 23.1. The predicted molar refractivity (Wildman–Crippen MR) is 127 cm³/mol. The van der Waals surface area contributed by atoms with Gasteiger partial charge < -0.3 is 10.6 Å². The van der Waals surface area contributed by atoms with Crippen LogP contribution in [-0.4, -0.2) is 56.3 Å². The maximum absolute atomic E-state index is 12.4. The van der Waals surface area contributed by atoms with Gasteiger partial charge in [-0.25, -0.2) is 4.98 Å². The first-order valence-corrected chi connectivity index (χ1v) is 10.5. The second-order valence-corrected chi connectivity index (χ2v) is 7.96. The number of hydrogen-bond donors (Lipinski definition) is 2. The monoisotopic (exact) mass is 434 g/mol. The Morgan fingerprint density at radius 3 is 2.53 bits per heavy atom. The van der Waals surface area contributed by atoms with Crippen LogP contribution in [0.5, 0.6) is 0 Å². The Balaban J connectivity index is 1.61. The highest BCUT2D eigenvalue weighted by Gasteiger charge is 2.10. The summed E-state index contributed by atoms with van der Waals surface area (Å²) in [6.45, 7) is 11.3. The summed E-state index contributed by atoms with van der Waals surface area (Å²) in [4.78, 5) is 21.4. The van der Waals surface area contributed by atoms with Crippen LogP contribution in [0.2, 0.25) is 0 Å². The average Bonchev–Trinajstić information content (AvgIpc) is 3.41. The van der Waals surface area contributed by atoms with E-state index in [0.717, 1.165) is 28.0 Å². The molecule has 2 N–H and O–H groups in total. The van der Waals surface area contributed by atoms with Gasteiger partial charge >= 0.3 is 0 Å². The SMILES string of the molecule is C=C(C)CN=C(CNC)c1ccc(NC(=O)Cn2cc(-c3cnn(C(C)C)c3)cn2)nc1. The minimum Gasteiger partial charge on any atom is -0.314 e. The van der Waals surface area contributed by atoms with Gasteiger partial charge in [-0.2, -0.15) is 10.2 Å². The lowest BCUT2D eigenvalue weighted by atomic mass is 10.1. The molecule has 0 radical (unpaired) electrons. The van der Waals surface area contributed by atoms with E-state index in [1.165, 1.54) is 0 Å². The van der Waals surface area contributed by atoms with Gasteiger partial charge in [0.1, 0.15) is 12.4 Å². The van der Waals surface area contributed by atoms with Crippen LogP contribution >= 0.6 is 0 Å². The summed E-state index contributed by atoms with van der Waals surface area (Å²) in [5, 5.41) is 14.6. The van der Waals surface area contributed by atoms with E-state index < -0.39 is 0 Å². The Bertz CT molecular complexity index is 1090.